The lowest BCUT2D eigenvalue weighted by atomic mass is 10.1. The molecule has 1 saturated heterocycles. The summed E-state index contributed by atoms with van der Waals surface area (Å²) in [6, 6.07) is 0. The zero-order valence-electron chi connectivity index (χ0n) is 11.9. The van der Waals surface area contributed by atoms with Gasteiger partial charge in [-0.15, -0.1) is 0 Å². The van der Waals surface area contributed by atoms with E-state index in [-0.39, 0.29) is 0 Å². The maximum atomic E-state index is 10.3. The van der Waals surface area contributed by atoms with Gasteiger partial charge in [0.1, 0.15) is 0 Å². The van der Waals surface area contributed by atoms with E-state index in [4.69, 9.17) is 9.84 Å². The molecule has 0 saturated carbocycles. The van der Waals surface area contributed by atoms with Crippen LogP contribution in [0.3, 0.4) is 0 Å². The number of ether oxygens (including phenoxy) is 1. The second-order valence-corrected chi connectivity index (χ2v) is 5.03. The van der Waals surface area contributed by atoms with E-state index in [9.17, 15) is 4.79 Å². The molecule has 1 rings (SSSR count). The van der Waals surface area contributed by atoms with Crippen molar-refractivity contribution in [2.45, 2.75) is 70.5 Å². The third kappa shape index (κ3) is 8.60. The summed E-state index contributed by atoms with van der Waals surface area (Å²) >= 11 is 0. The molecule has 2 unspecified atom stereocenters. The fourth-order valence-electron chi connectivity index (χ4n) is 2.08. The van der Waals surface area contributed by atoms with Crippen LogP contribution in [0, 0.1) is 0 Å². The molecule has 19 heavy (non-hydrogen) atoms. The molecule has 2 atom stereocenters. The molecule has 1 N–H and O–H groups in total. The van der Waals surface area contributed by atoms with Crippen LogP contribution in [0.1, 0.15) is 58.3 Å². The standard InChI is InChI=1S/C16H26O3/c1-2-14-15(19-14)12-10-8-6-4-3-5-7-9-11-13-16(17)18/h3-4,8,10,14-15H,2,5-7,9,11-13H2,1H3,(H,17,18)/b4-3-,10-8-. The van der Waals surface area contributed by atoms with E-state index in [0.29, 0.717) is 18.6 Å². The number of aliphatic carboxylic acids is 1. The van der Waals surface area contributed by atoms with Crippen LogP contribution in [0.2, 0.25) is 0 Å². The number of hydrogen-bond donors (Lipinski definition) is 1. The summed E-state index contributed by atoms with van der Waals surface area (Å²) in [5, 5.41) is 8.48. The number of allylic oxidation sites excluding steroid dienone is 3. The molecule has 3 heteroatoms. The van der Waals surface area contributed by atoms with E-state index >= 15 is 0 Å². The van der Waals surface area contributed by atoms with Crippen molar-refractivity contribution in [3.8, 4) is 0 Å². The molecule has 0 spiro atoms. The molecule has 0 aliphatic carbocycles. The van der Waals surface area contributed by atoms with Crippen molar-refractivity contribution in [1.82, 2.24) is 0 Å². The highest BCUT2D eigenvalue weighted by molar-refractivity contribution is 5.66. The van der Waals surface area contributed by atoms with Crippen LogP contribution in [0.15, 0.2) is 24.3 Å². The number of hydrogen-bond acceptors (Lipinski definition) is 2. The Labute approximate surface area is 116 Å². The Kier molecular flexibility index (Phi) is 8.23. The molecular formula is C16H26O3. The van der Waals surface area contributed by atoms with Crippen molar-refractivity contribution in [3.05, 3.63) is 24.3 Å². The van der Waals surface area contributed by atoms with Crippen molar-refractivity contribution in [3.63, 3.8) is 0 Å². The van der Waals surface area contributed by atoms with Crippen molar-refractivity contribution >= 4 is 5.97 Å². The van der Waals surface area contributed by atoms with E-state index in [0.717, 1.165) is 44.9 Å². The van der Waals surface area contributed by atoms with Crippen molar-refractivity contribution in [1.29, 1.82) is 0 Å². The Morgan fingerprint density at radius 1 is 1.11 bits per heavy atom. The minimum Gasteiger partial charge on any atom is -0.481 e. The molecule has 1 fully saturated rings. The second-order valence-electron chi connectivity index (χ2n) is 5.03. The monoisotopic (exact) mass is 266 g/mol. The van der Waals surface area contributed by atoms with Crippen molar-refractivity contribution < 1.29 is 14.6 Å². The number of carboxylic acid groups (broad SMARTS) is 1. The predicted octanol–water partition coefficient (Wildman–Crippen LogP) is 4.09. The van der Waals surface area contributed by atoms with Gasteiger partial charge in [-0.3, -0.25) is 4.79 Å². The summed E-state index contributed by atoms with van der Waals surface area (Å²) in [6.45, 7) is 2.16. The summed E-state index contributed by atoms with van der Waals surface area (Å²) < 4.78 is 5.45. The SMILES string of the molecule is CCC1OC1C/C=C\C/C=C\CCCCCC(=O)O. The minimum absolute atomic E-state index is 0.300. The van der Waals surface area contributed by atoms with Gasteiger partial charge in [-0.1, -0.05) is 37.6 Å². The summed E-state index contributed by atoms with van der Waals surface area (Å²) in [6.07, 6.45) is 17.1. The van der Waals surface area contributed by atoms with Gasteiger partial charge in [0, 0.05) is 6.42 Å². The van der Waals surface area contributed by atoms with Gasteiger partial charge < -0.3 is 9.84 Å². The fourth-order valence-corrected chi connectivity index (χ4v) is 2.08. The second kappa shape index (κ2) is 9.79. The molecule has 0 aromatic rings. The molecular weight excluding hydrogens is 240 g/mol. The first-order valence-electron chi connectivity index (χ1n) is 7.41. The Morgan fingerprint density at radius 3 is 2.58 bits per heavy atom. The van der Waals surface area contributed by atoms with Gasteiger partial charge in [-0.05, 0) is 38.5 Å². The number of unbranched alkanes of at least 4 members (excludes halogenated alkanes) is 3. The molecule has 1 heterocycles. The third-order valence-electron chi connectivity index (χ3n) is 3.33. The zero-order chi connectivity index (χ0) is 13.9. The number of carboxylic acids is 1. The van der Waals surface area contributed by atoms with Gasteiger partial charge in [0.05, 0.1) is 12.2 Å². The smallest absolute Gasteiger partial charge is 0.303 e. The van der Waals surface area contributed by atoms with Gasteiger partial charge in [0.15, 0.2) is 0 Å². The first-order chi connectivity index (χ1) is 9.24. The quantitative estimate of drug-likeness (QED) is 0.348. The maximum absolute atomic E-state index is 10.3. The number of carbonyl (C=O) groups is 1. The zero-order valence-corrected chi connectivity index (χ0v) is 11.9. The molecule has 1 aliphatic rings. The predicted molar refractivity (Wildman–Crippen MR) is 77.2 cm³/mol. The summed E-state index contributed by atoms with van der Waals surface area (Å²) in [7, 11) is 0. The van der Waals surface area contributed by atoms with Crippen LogP contribution < -0.4 is 0 Å². The van der Waals surface area contributed by atoms with Crippen molar-refractivity contribution in [2.75, 3.05) is 0 Å². The molecule has 0 amide bonds. The lowest BCUT2D eigenvalue weighted by Crippen LogP contribution is -1.93. The van der Waals surface area contributed by atoms with Gasteiger partial charge in [-0.25, -0.2) is 0 Å². The van der Waals surface area contributed by atoms with Crippen LogP contribution in [-0.2, 0) is 9.53 Å². The molecule has 0 bridgehead atoms. The van der Waals surface area contributed by atoms with Crippen LogP contribution in [-0.4, -0.2) is 23.3 Å². The highest BCUT2D eigenvalue weighted by Gasteiger charge is 2.35. The molecule has 0 aromatic carbocycles. The Morgan fingerprint density at radius 2 is 1.89 bits per heavy atom. The number of epoxide rings is 1. The van der Waals surface area contributed by atoms with E-state index in [1.54, 1.807) is 0 Å². The molecule has 0 aromatic heterocycles. The number of rotatable bonds is 11. The largest absolute Gasteiger partial charge is 0.481 e. The van der Waals surface area contributed by atoms with Crippen LogP contribution >= 0.6 is 0 Å². The maximum Gasteiger partial charge on any atom is 0.303 e. The van der Waals surface area contributed by atoms with Gasteiger partial charge in [-0.2, -0.15) is 0 Å². The summed E-state index contributed by atoms with van der Waals surface area (Å²) in [5.41, 5.74) is 0. The fraction of sp³-hybridized carbons (Fsp3) is 0.688. The van der Waals surface area contributed by atoms with Crippen LogP contribution in [0.5, 0.6) is 0 Å². The van der Waals surface area contributed by atoms with Gasteiger partial charge in [0.2, 0.25) is 0 Å². The molecule has 3 nitrogen and oxygen atoms in total. The third-order valence-corrected chi connectivity index (χ3v) is 3.33. The summed E-state index contributed by atoms with van der Waals surface area (Å²) in [4.78, 5) is 10.3. The Hall–Kier alpha value is -1.09. The first kappa shape index (κ1) is 16.0. The van der Waals surface area contributed by atoms with E-state index in [1.807, 2.05) is 0 Å². The van der Waals surface area contributed by atoms with Gasteiger partial charge in [0.25, 0.3) is 0 Å². The molecule has 0 radical (unpaired) electrons. The summed E-state index contributed by atoms with van der Waals surface area (Å²) in [5.74, 6) is -0.689. The van der Waals surface area contributed by atoms with Gasteiger partial charge >= 0.3 is 5.97 Å². The lowest BCUT2D eigenvalue weighted by Gasteiger charge is -1.94. The highest BCUT2D eigenvalue weighted by Crippen LogP contribution is 2.28. The Balaban J connectivity index is 1.85. The highest BCUT2D eigenvalue weighted by atomic mass is 16.6. The normalized spacial score (nSPS) is 22.4. The Bertz CT molecular complexity index is 307. The van der Waals surface area contributed by atoms with Crippen molar-refractivity contribution in [2.24, 2.45) is 0 Å². The first-order valence-corrected chi connectivity index (χ1v) is 7.41. The molecule has 1 aliphatic heterocycles. The van der Waals surface area contributed by atoms with Crippen LogP contribution in [0.25, 0.3) is 0 Å². The topological polar surface area (TPSA) is 49.8 Å². The lowest BCUT2D eigenvalue weighted by molar-refractivity contribution is -0.137. The average Bonchev–Trinajstić information content (AvgIpc) is 3.14. The van der Waals surface area contributed by atoms with E-state index < -0.39 is 5.97 Å². The van der Waals surface area contributed by atoms with E-state index in [2.05, 4.69) is 31.2 Å². The van der Waals surface area contributed by atoms with E-state index in [1.165, 1.54) is 0 Å². The minimum atomic E-state index is -0.689. The molecule has 108 valence electrons. The average molecular weight is 266 g/mol. The van der Waals surface area contributed by atoms with Crippen LogP contribution in [0.4, 0.5) is 0 Å².